The molecular formula is C31H26N2O4. The van der Waals surface area contributed by atoms with Crippen LogP contribution in [0, 0.1) is 0 Å². The maximum absolute atomic E-state index is 13.9. The lowest BCUT2D eigenvalue weighted by Crippen LogP contribution is -2.30. The van der Waals surface area contributed by atoms with E-state index in [0.717, 1.165) is 45.4 Å². The van der Waals surface area contributed by atoms with Crippen LogP contribution < -0.4 is 14.8 Å². The Balaban J connectivity index is 1.54. The van der Waals surface area contributed by atoms with Gasteiger partial charge in [0.05, 0.1) is 12.6 Å². The van der Waals surface area contributed by atoms with Crippen LogP contribution >= 0.6 is 0 Å². The van der Waals surface area contributed by atoms with E-state index in [2.05, 4.69) is 22.4 Å². The van der Waals surface area contributed by atoms with Gasteiger partial charge in [0, 0.05) is 47.8 Å². The Morgan fingerprint density at radius 2 is 1.78 bits per heavy atom. The molecule has 2 atom stereocenters. The third-order valence-corrected chi connectivity index (χ3v) is 7.24. The summed E-state index contributed by atoms with van der Waals surface area (Å²) in [6.07, 6.45) is 2.97. The molecule has 0 bridgehead atoms. The molecule has 0 saturated heterocycles. The number of nitrogens with one attached hydrogen (secondary N) is 1. The van der Waals surface area contributed by atoms with Crippen LogP contribution in [0.4, 0.5) is 5.69 Å². The van der Waals surface area contributed by atoms with Gasteiger partial charge in [-0.25, -0.2) is 0 Å². The normalized spacial score (nSPS) is 18.6. The molecule has 4 aromatic rings. The monoisotopic (exact) mass is 490 g/mol. The third kappa shape index (κ3) is 4.04. The zero-order chi connectivity index (χ0) is 25.5. The summed E-state index contributed by atoms with van der Waals surface area (Å²) in [5.74, 6) is 0.297. The number of aromatic nitrogens is 1. The highest BCUT2D eigenvalue weighted by molar-refractivity contribution is 6.04. The third-order valence-electron chi connectivity index (χ3n) is 7.24. The van der Waals surface area contributed by atoms with Gasteiger partial charge in [-0.2, -0.15) is 0 Å². The zero-order valence-corrected chi connectivity index (χ0v) is 20.7. The number of hydrogen-bond acceptors (Lipinski definition) is 6. The quantitative estimate of drug-likeness (QED) is 0.274. The summed E-state index contributed by atoms with van der Waals surface area (Å²) in [5.41, 5.74) is 6.64. The second kappa shape index (κ2) is 9.21. The lowest BCUT2D eigenvalue weighted by molar-refractivity contribution is -0.132. The van der Waals surface area contributed by atoms with Crippen molar-refractivity contribution in [1.29, 1.82) is 0 Å². The van der Waals surface area contributed by atoms with Gasteiger partial charge in [0.15, 0.2) is 17.3 Å². The van der Waals surface area contributed by atoms with E-state index in [1.807, 2.05) is 54.6 Å². The van der Waals surface area contributed by atoms with Crippen molar-refractivity contribution in [2.45, 2.75) is 31.6 Å². The van der Waals surface area contributed by atoms with Crippen molar-refractivity contribution >= 4 is 28.3 Å². The van der Waals surface area contributed by atoms with Gasteiger partial charge in [-0.05, 0) is 59.4 Å². The Morgan fingerprint density at radius 3 is 2.57 bits per heavy atom. The zero-order valence-electron chi connectivity index (χ0n) is 20.7. The number of esters is 1. The van der Waals surface area contributed by atoms with E-state index in [-0.39, 0.29) is 17.6 Å². The molecule has 1 aliphatic carbocycles. The number of benzene rings is 3. The van der Waals surface area contributed by atoms with E-state index >= 15 is 0 Å². The minimum absolute atomic E-state index is 0.116. The fourth-order valence-corrected chi connectivity index (χ4v) is 5.68. The Bertz CT molecular complexity index is 1580. The summed E-state index contributed by atoms with van der Waals surface area (Å²) in [5, 5.41) is 4.61. The number of pyridine rings is 1. The van der Waals surface area contributed by atoms with Crippen molar-refractivity contribution in [3.8, 4) is 11.5 Å². The van der Waals surface area contributed by atoms with Crippen molar-refractivity contribution in [1.82, 2.24) is 4.98 Å². The van der Waals surface area contributed by atoms with Gasteiger partial charge in [0.1, 0.15) is 0 Å². The van der Waals surface area contributed by atoms with Crippen molar-refractivity contribution in [2.24, 2.45) is 0 Å². The van der Waals surface area contributed by atoms with Crippen LogP contribution in [-0.4, -0.2) is 23.8 Å². The van der Waals surface area contributed by atoms with E-state index in [9.17, 15) is 9.59 Å². The predicted octanol–water partition coefficient (Wildman–Crippen LogP) is 6.13. The first-order valence-corrected chi connectivity index (χ1v) is 12.4. The van der Waals surface area contributed by atoms with Gasteiger partial charge >= 0.3 is 5.97 Å². The molecule has 6 nitrogen and oxygen atoms in total. The first-order chi connectivity index (χ1) is 18.0. The second-order valence-corrected chi connectivity index (χ2v) is 9.49. The number of allylic oxidation sites excluding steroid dienone is 2. The molecule has 0 fully saturated rings. The molecule has 6 rings (SSSR count). The highest BCUT2D eigenvalue weighted by Gasteiger charge is 2.39. The summed E-state index contributed by atoms with van der Waals surface area (Å²) >= 11 is 0. The Hall–Kier alpha value is -4.45. The number of methoxy groups -OCH3 is 1. The molecule has 2 aliphatic rings. The second-order valence-electron chi connectivity index (χ2n) is 9.49. The van der Waals surface area contributed by atoms with Crippen LogP contribution in [0.5, 0.6) is 11.5 Å². The number of carbonyl (C=O) groups excluding carboxylic acids is 2. The Kier molecular flexibility index (Phi) is 5.72. The number of fused-ring (bicyclic) bond motifs is 3. The molecule has 184 valence electrons. The number of anilines is 1. The van der Waals surface area contributed by atoms with Crippen molar-refractivity contribution in [3.63, 3.8) is 0 Å². The van der Waals surface area contributed by atoms with Gasteiger partial charge < -0.3 is 14.8 Å². The predicted molar refractivity (Wildman–Crippen MR) is 142 cm³/mol. The van der Waals surface area contributed by atoms with Gasteiger partial charge in [-0.3, -0.25) is 14.6 Å². The van der Waals surface area contributed by atoms with E-state index in [1.54, 1.807) is 19.4 Å². The number of Topliss-reactive ketones (excluding diaryl/α,β-unsaturated/α-hetero) is 1. The Labute approximate surface area is 214 Å². The van der Waals surface area contributed by atoms with Crippen LogP contribution in [0.2, 0.25) is 0 Å². The lowest BCUT2D eigenvalue weighted by atomic mass is 9.71. The molecule has 6 heteroatoms. The lowest BCUT2D eigenvalue weighted by Gasteiger charge is -2.37. The molecule has 0 saturated carbocycles. The van der Waals surface area contributed by atoms with E-state index in [0.29, 0.717) is 17.9 Å². The average Bonchev–Trinajstić information content (AvgIpc) is 2.92. The van der Waals surface area contributed by atoms with Crippen LogP contribution in [0.25, 0.3) is 10.9 Å². The molecule has 1 N–H and O–H groups in total. The van der Waals surface area contributed by atoms with Gasteiger partial charge in [0.25, 0.3) is 0 Å². The minimum Gasteiger partial charge on any atom is -0.493 e. The van der Waals surface area contributed by atoms with E-state index in [1.165, 1.54) is 12.5 Å². The highest BCUT2D eigenvalue weighted by atomic mass is 16.6. The van der Waals surface area contributed by atoms with Crippen molar-refractivity contribution in [2.75, 3.05) is 12.4 Å². The molecule has 37 heavy (non-hydrogen) atoms. The molecule has 0 unspecified atom stereocenters. The number of ketones is 1. The number of ether oxygens (including phenoxy) is 2. The first kappa shape index (κ1) is 23.0. The van der Waals surface area contributed by atoms with Crippen LogP contribution in [-0.2, 0) is 9.59 Å². The standard InChI is InChI=1S/C31H26N2O4/c1-18(34)37-27-13-10-20(17-28(27)36-2)29-30-22-9-6-14-32-23(22)11-12-24(30)33-25-15-21(16-26(35)31(25)29)19-7-4-3-5-8-19/h3-14,17,21,29,33H,15-16H2,1-2H3/t21-,29+/m1/s1. The molecular weight excluding hydrogens is 464 g/mol. The van der Waals surface area contributed by atoms with Crippen LogP contribution in [0.1, 0.15) is 48.3 Å². The van der Waals surface area contributed by atoms with Gasteiger partial charge in [0.2, 0.25) is 0 Å². The van der Waals surface area contributed by atoms with Crippen LogP contribution in [0.3, 0.4) is 0 Å². The topological polar surface area (TPSA) is 77.5 Å². The summed E-state index contributed by atoms with van der Waals surface area (Å²) in [7, 11) is 1.54. The molecule has 1 aromatic heterocycles. The van der Waals surface area contributed by atoms with Crippen LogP contribution in [0.15, 0.2) is 90.3 Å². The first-order valence-electron chi connectivity index (χ1n) is 12.4. The van der Waals surface area contributed by atoms with Crippen molar-refractivity contribution < 1.29 is 19.1 Å². The smallest absolute Gasteiger partial charge is 0.308 e. The summed E-state index contributed by atoms with van der Waals surface area (Å²) in [4.78, 5) is 30.1. The van der Waals surface area contributed by atoms with Gasteiger partial charge in [-0.1, -0.05) is 42.5 Å². The molecule has 1 aliphatic heterocycles. The number of hydrogen-bond donors (Lipinski definition) is 1. The molecule has 0 amide bonds. The largest absolute Gasteiger partial charge is 0.493 e. The summed E-state index contributed by atoms with van der Waals surface area (Å²) in [6, 6.07) is 23.8. The highest BCUT2D eigenvalue weighted by Crippen LogP contribution is 2.50. The average molecular weight is 491 g/mol. The number of carbonyl (C=O) groups is 2. The number of rotatable bonds is 4. The maximum atomic E-state index is 13.9. The fourth-order valence-electron chi connectivity index (χ4n) is 5.68. The molecule has 0 spiro atoms. The molecule has 3 aromatic carbocycles. The minimum atomic E-state index is -0.422. The molecule has 0 radical (unpaired) electrons. The fraction of sp³-hybridized carbons (Fsp3) is 0.194. The number of nitrogens with zero attached hydrogens (tertiary/aromatic N) is 1. The Morgan fingerprint density at radius 1 is 0.946 bits per heavy atom. The maximum Gasteiger partial charge on any atom is 0.308 e. The van der Waals surface area contributed by atoms with E-state index in [4.69, 9.17) is 9.47 Å². The van der Waals surface area contributed by atoms with Crippen molar-refractivity contribution in [3.05, 3.63) is 107 Å². The molecule has 2 heterocycles. The summed E-state index contributed by atoms with van der Waals surface area (Å²) < 4.78 is 10.9. The van der Waals surface area contributed by atoms with Gasteiger partial charge in [-0.15, -0.1) is 0 Å². The summed E-state index contributed by atoms with van der Waals surface area (Å²) in [6.45, 7) is 1.36. The van der Waals surface area contributed by atoms with E-state index < -0.39 is 5.97 Å². The SMILES string of the molecule is COc1cc([C@@H]2C3=C(C[C@@H](c4ccccc4)CC3=O)Nc3ccc4ncccc4c32)ccc1OC(C)=O.